The first-order chi connectivity index (χ1) is 7.20. The van der Waals surface area contributed by atoms with E-state index < -0.39 is 0 Å². The van der Waals surface area contributed by atoms with Crippen LogP contribution >= 0.6 is 12.2 Å². The molecule has 0 aliphatic heterocycles. The van der Waals surface area contributed by atoms with E-state index in [1.807, 2.05) is 18.5 Å². The molecule has 0 atom stereocenters. The standard InChI is InChI=1S/C8H12N6S/c1-3-7-10-11-8(15)14(7)4-6-9-5-13(2)12-6/h5H,3-4H2,1-2H3,(H,11,15). The van der Waals surface area contributed by atoms with Crippen LogP contribution in [0.4, 0.5) is 0 Å². The number of aromatic nitrogens is 6. The first-order valence-electron chi connectivity index (χ1n) is 4.69. The van der Waals surface area contributed by atoms with Crippen LogP contribution in [0.5, 0.6) is 0 Å². The molecule has 15 heavy (non-hydrogen) atoms. The van der Waals surface area contributed by atoms with Gasteiger partial charge in [-0.25, -0.2) is 4.98 Å². The molecule has 0 aliphatic rings. The highest BCUT2D eigenvalue weighted by Crippen LogP contribution is 2.02. The molecular weight excluding hydrogens is 212 g/mol. The predicted octanol–water partition coefficient (Wildman–Crippen LogP) is 0.680. The lowest BCUT2D eigenvalue weighted by Crippen LogP contribution is -2.06. The molecule has 0 saturated heterocycles. The molecule has 0 unspecified atom stereocenters. The van der Waals surface area contributed by atoms with Gasteiger partial charge >= 0.3 is 0 Å². The van der Waals surface area contributed by atoms with Crippen molar-refractivity contribution in [1.29, 1.82) is 0 Å². The quantitative estimate of drug-likeness (QED) is 0.779. The SMILES string of the molecule is CCc1n[nH]c(=S)n1Cc1ncn(C)n1. The molecule has 0 aromatic carbocycles. The van der Waals surface area contributed by atoms with Crippen LogP contribution in [0.2, 0.25) is 0 Å². The van der Waals surface area contributed by atoms with E-state index in [9.17, 15) is 0 Å². The Bertz CT molecular complexity index is 507. The lowest BCUT2D eigenvalue weighted by molar-refractivity contribution is 0.670. The maximum atomic E-state index is 5.13. The molecule has 2 aromatic heterocycles. The number of H-pyrrole nitrogens is 1. The van der Waals surface area contributed by atoms with Crippen molar-refractivity contribution < 1.29 is 0 Å². The minimum atomic E-state index is 0.569. The molecular formula is C8H12N6S. The molecule has 1 N–H and O–H groups in total. The number of hydrogen-bond donors (Lipinski definition) is 1. The summed E-state index contributed by atoms with van der Waals surface area (Å²) in [6.07, 6.45) is 2.50. The number of nitrogens with zero attached hydrogens (tertiary/aromatic N) is 5. The van der Waals surface area contributed by atoms with Gasteiger partial charge in [-0.3, -0.25) is 14.3 Å². The van der Waals surface area contributed by atoms with Crippen LogP contribution in [0.3, 0.4) is 0 Å². The molecule has 2 aromatic rings. The Kier molecular flexibility index (Phi) is 2.63. The second-order valence-electron chi connectivity index (χ2n) is 3.22. The lowest BCUT2D eigenvalue weighted by Gasteiger charge is -2.00. The van der Waals surface area contributed by atoms with Crippen molar-refractivity contribution in [3.8, 4) is 0 Å². The fourth-order valence-electron chi connectivity index (χ4n) is 1.38. The van der Waals surface area contributed by atoms with Crippen LogP contribution in [0.1, 0.15) is 18.6 Å². The second-order valence-corrected chi connectivity index (χ2v) is 3.61. The van der Waals surface area contributed by atoms with E-state index >= 15 is 0 Å². The van der Waals surface area contributed by atoms with Gasteiger partial charge in [0.1, 0.15) is 12.2 Å². The molecule has 2 heterocycles. The summed E-state index contributed by atoms with van der Waals surface area (Å²) in [6, 6.07) is 0. The minimum absolute atomic E-state index is 0.569. The fraction of sp³-hybridized carbons (Fsp3) is 0.500. The van der Waals surface area contributed by atoms with Gasteiger partial charge in [-0.05, 0) is 12.2 Å². The molecule has 80 valence electrons. The van der Waals surface area contributed by atoms with Gasteiger partial charge in [0.05, 0.1) is 6.54 Å². The first-order valence-corrected chi connectivity index (χ1v) is 5.10. The van der Waals surface area contributed by atoms with Gasteiger partial charge < -0.3 is 0 Å². The molecule has 6 nitrogen and oxygen atoms in total. The van der Waals surface area contributed by atoms with Crippen LogP contribution in [0.15, 0.2) is 6.33 Å². The Labute approximate surface area is 92.0 Å². The highest BCUT2D eigenvalue weighted by molar-refractivity contribution is 7.71. The van der Waals surface area contributed by atoms with Gasteiger partial charge in [-0.15, -0.1) is 0 Å². The molecule has 0 amide bonds. The normalized spacial score (nSPS) is 10.8. The zero-order valence-electron chi connectivity index (χ0n) is 8.64. The van der Waals surface area contributed by atoms with Gasteiger partial charge in [-0.2, -0.15) is 10.2 Å². The molecule has 0 fully saturated rings. The predicted molar refractivity (Wildman–Crippen MR) is 56.9 cm³/mol. The summed E-state index contributed by atoms with van der Waals surface area (Å²) in [5.41, 5.74) is 0. The van der Waals surface area contributed by atoms with Gasteiger partial charge in [-0.1, -0.05) is 6.92 Å². The largest absolute Gasteiger partial charge is 0.296 e. The third kappa shape index (κ3) is 1.96. The van der Waals surface area contributed by atoms with Crippen molar-refractivity contribution in [2.24, 2.45) is 7.05 Å². The van der Waals surface area contributed by atoms with E-state index in [-0.39, 0.29) is 0 Å². The summed E-state index contributed by atoms with van der Waals surface area (Å²) in [7, 11) is 1.84. The van der Waals surface area contributed by atoms with Crippen molar-refractivity contribution in [1.82, 2.24) is 29.5 Å². The zero-order valence-corrected chi connectivity index (χ0v) is 9.45. The summed E-state index contributed by atoms with van der Waals surface area (Å²) in [5.74, 6) is 1.66. The fourth-order valence-corrected chi connectivity index (χ4v) is 1.60. The van der Waals surface area contributed by atoms with Crippen molar-refractivity contribution in [3.63, 3.8) is 0 Å². The van der Waals surface area contributed by atoms with Crippen LogP contribution < -0.4 is 0 Å². The van der Waals surface area contributed by atoms with Crippen molar-refractivity contribution in [3.05, 3.63) is 22.7 Å². The van der Waals surface area contributed by atoms with Gasteiger partial charge in [0.2, 0.25) is 0 Å². The Hall–Kier alpha value is -1.50. The van der Waals surface area contributed by atoms with Crippen LogP contribution in [-0.4, -0.2) is 29.5 Å². The highest BCUT2D eigenvalue weighted by Gasteiger charge is 2.06. The van der Waals surface area contributed by atoms with E-state index in [0.29, 0.717) is 11.3 Å². The van der Waals surface area contributed by atoms with Crippen molar-refractivity contribution in [2.75, 3.05) is 0 Å². The third-order valence-electron chi connectivity index (χ3n) is 2.10. The Morgan fingerprint density at radius 1 is 1.53 bits per heavy atom. The zero-order chi connectivity index (χ0) is 10.8. The molecule has 0 aliphatic carbocycles. The van der Waals surface area contributed by atoms with Gasteiger partial charge in [0.15, 0.2) is 10.6 Å². The van der Waals surface area contributed by atoms with Crippen LogP contribution in [0, 0.1) is 4.77 Å². The number of aromatic amines is 1. The topological polar surface area (TPSA) is 64.3 Å². The minimum Gasteiger partial charge on any atom is -0.296 e. The van der Waals surface area contributed by atoms with E-state index in [0.717, 1.165) is 18.1 Å². The number of hydrogen-bond acceptors (Lipinski definition) is 4. The molecule has 0 radical (unpaired) electrons. The smallest absolute Gasteiger partial charge is 0.195 e. The van der Waals surface area contributed by atoms with Crippen molar-refractivity contribution in [2.45, 2.75) is 19.9 Å². The maximum Gasteiger partial charge on any atom is 0.195 e. The molecule has 0 spiro atoms. The van der Waals surface area contributed by atoms with E-state index in [1.54, 1.807) is 11.0 Å². The third-order valence-corrected chi connectivity index (χ3v) is 2.41. The van der Waals surface area contributed by atoms with E-state index in [1.165, 1.54) is 0 Å². The molecule has 0 bridgehead atoms. The average Bonchev–Trinajstić information content (AvgIpc) is 2.76. The number of rotatable bonds is 3. The van der Waals surface area contributed by atoms with Crippen LogP contribution in [-0.2, 0) is 20.0 Å². The van der Waals surface area contributed by atoms with Gasteiger partial charge in [0.25, 0.3) is 0 Å². The second kappa shape index (κ2) is 3.93. The summed E-state index contributed by atoms with van der Waals surface area (Å²) in [6.45, 7) is 2.60. The molecule has 7 heteroatoms. The summed E-state index contributed by atoms with van der Waals surface area (Å²) in [5, 5.41) is 11.1. The summed E-state index contributed by atoms with van der Waals surface area (Å²) in [4.78, 5) is 4.15. The Balaban J connectivity index is 2.31. The number of aryl methyl sites for hydroxylation is 2. The molecule has 2 rings (SSSR count). The number of nitrogens with one attached hydrogen (secondary N) is 1. The summed E-state index contributed by atoms with van der Waals surface area (Å²) >= 11 is 5.13. The van der Waals surface area contributed by atoms with Crippen LogP contribution in [0.25, 0.3) is 0 Å². The van der Waals surface area contributed by atoms with Crippen molar-refractivity contribution >= 4 is 12.2 Å². The monoisotopic (exact) mass is 224 g/mol. The Morgan fingerprint density at radius 2 is 2.33 bits per heavy atom. The molecule has 0 saturated carbocycles. The lowest BCUT2D eigenvalue weighted by atomic mass is 10.4. The van der Waals surface area contributed by atoms with E-state index in [2.05, 4.69) is 20.3 Å². The average molecular weight is 224 g/mol. The summed E-state index contributed by atoms with van der Waals surface area (Å²) < 4.78 is 4.19. The highest BCUT2D eigenvalue weighted by atomic mass is 32.1. The van der Waals surface area contributed by atoms with E-state index in [4.69, 9.17) is 12.2 Å². The first kappa shape index (κ1) is 10.0. The maximum absolute atomic E-state index is 5.13. The Morgan fingerprint density at radius 3 is 2.93 bits per heavy atom. The van der Waals surface area contributed by atoms with Gasteiger partial charge in [0, 0.05) is 13.5 Å².